The van der Waals surface area contributed by atoms with E-state index in [1.54, 1.807) is 0 Å². The highest BCUT2D eigenvalue weighted by Gasteiger charge is 2.18. The number of nitrogens with one attached hydrogen (secondary N) is 1. The number of halogens is 4. The van der Waals surface area contributed by atoms with Crippen LogP contribution in [0.4, 0.5) is 10.1 Å². The quantitative estimate of drug-likeness (QED) is 0.810. The predicted octanol–water partition coefficient (Wildman–Crippen LogP) is 5.33. The van der Waals surface area contributed by atoms with Crippen molar-refractivity contribution in [3.63, 3.8) is 0 Å². The van der Waals surface area contributed by atoms with Gasteiger partial charge in [0.05, 0.1) is 22.3 Å². The van der Waals surface area contributed by atoms with Crippen LogP contribution < -0.4 is 10.1 Å². The van der Waals surface area contributed by atoms with Crippen molar-refractivity contribution in [2.45, 2.75) is 13.0 Å². The Morgan fingerprint density at radius 3 is 2.52 bits per heavy atom. The molecule has 2 nitrogen and oxygen atoms in total. The minimum Gasteiger partial charge on any atom is -0.493 e. The minimum absolute atomic E-state index is 0.236. The summed E-state index contributed by atoms with van der Waals surface area (Å²) in [6.45, 7) is 1.09. The Labute approximate surface area is 136 Å². The lowest BCUT2D eigenvalue weighted by molar-refractivity contribution is 0.354. The second kappa shape index (κ2) is 5.91. The molecular formula is C15H11Cl3FNO. The highest BCUT2D eigenvalue weighted by Crippen LogP contribution is 2.35. The van der Waals surface area contributed by atoms with Crippen molar-refractivity contribution < 1.29 is 9.13 Å². The Hall–Kier alpha value is -1.16. The predicted molar refractivity (Wildman–Crippen MR) is 84.4 cm³/mol. The van der Waals surface area contributed by atoms with Gasteiger partial charge in [0.15, 0.2) is 0 Å². The smallest absolute Gasteiger partial charge is 0.127 e. The van der Waals surface area contributed by atoms with Gasteiger partial charge in [0.2, 0.25) is 0 Å². The van der Waals surface area contributed by atoms with Gasteiger partial charge in [-0.2, -0.15) is 0 Å². The van der Waals surface area contributed by atoms with E-state index in [4.69, 9.17) is 39.5 Å². The molecule has 110 valence electrons. The fourth-order valence-electron chi connectivity index (χ4n) is 2.37. The van der Waals surface area contributed by atoms with E-state index in [-0.39, 0.29) is 10.0 Å². The summed E-state index contributed by atoms with van der Waals surface area (Å²) in [6.07, 6.45) is 0.848. The lowest BCUT2D eigenvalue weighted by atomic mass is 10.1. The van der Waals surface area contributed by atoms with Crippen LogP contribution in [0.3, 0.4) is 0 Å². The molecule has 0 aliphatic carbocycles. The van der Waals surface area contributed by atoms with Crippen molar-refractivity contribution in [2.24, 2.45) is 0 Å². The molecule has 0 spiro atoms. The van der Waals surface area contributed by atoms with Crippen LogP contribution in [-0.2, 0) is 13.0 Å². The maximum absolute atomic E-state index is 13.2. The Balaban J connectivity index is 1.86. The first kappa shape index (κ1) is 14.8. The number of anilines is 1. The summed E-state index contributed by atoms with van der Waals surface area (Å²) in [5.74, 6) is 0.379. The van der Waals surface area contributed by atoms with Crippen molar-refractivity contribution >= 4 is 40.5 Å². The summed E-state index contributed by atoms with van der Waals surface area (Å²) in [5.41, 5.74) is 2.51. The van der Waals surface area contributed by atoms with Gasteiger partial charge in [-0.1, -0.05) is 34.8 Å². The molecule has 1 heterocycles. The van der Waals surface area contributed by atoms with E-state index in [0.29, 0.717) is 23.9 Å². The second-order valence-corrected chi connectivity index (χ2v) is 6.00. The van der Waals surface area contributed by atoms with Gasteiger partial charge in [0.25, 0.3) is 0 Å². The fourth-order valence-corrected chi connectivity index (χ4v) is 3.23. The first-order valence-electron chi connectivity index (χ1n) is 6.37. The third-order valence-electron chi connectivity index (χ3n) is 3.29. The molecule has 0 aromatic heterocycles. The number of hydrogen-bond acceptors (Lipinski definition) is 2. The molecule has 2 aromatic carbocycles. The van der Waals surface area contributed by atoms with Gasteiger partial charge < -0.3 is 10.1 Å². The van der Waals surface area contributed by atoms with Crippen LogP contribution in [0.5, 0.6) is 5.75 Å². The zero-order valence-electron chi connectivity index (χ0n) is 10.9. The molecule has 0 unspecified atom stereocenters. The third-order valence-corrected chi connectivity index (χ3v) is 4.10. The first-order chi connectivity index (χ1) is 10.0. The van der Waals surface area contributed by atoms with E-state index in [1.165, 1.54) is 12.1 Å². The van der Waals surface area contributed by atoms with E-state index in [2.05, 4.69) is 5.32 Å². The van der Waals surface area contributed by atoms with Crippen LogP contribution in [0.1, 0.15) is 11.1 Å². The minimum atomic E-state index is -0.470. The Kier molecular flexibility index (Phi) is 4.16. The van der Waals surface area contributed by atoms with E-state index >= 15 is 0 Å². The van der Waals surface area contributed by atoms with Crippen molar-refractivity contribution in [3.8, 4) is 5.75 Å². The average molecular weight is 347 g/mol. The lowest BCUT2D eigenvalue weighted by Crippen LogP contribution is -2.03. The van der Waals surface area contributed by atoms with Gasteiger partial charge in [0, 0.05) is 23.6 Å². The molecule has 0 amide bonds. The second-order valence-electron chi connectivity index (χ2n) is 4.75. The Bertz CT molecular complexity index is 683. The Morgan fingerprint density at radius 1 is 1.10 bits per heavy atom. The molecule has 1 N–H and O–H groups in total. The fraction of sp³-hybridized carbons (Fsp3) is 0.200. The molecule has 0 saturated carbocycles. The monoisotopic (exact) mass is 345 g/mol. The van der Waals surface area contributed by atoms with Crippen LogP contribution >= 0.6 is 34.8 Å². The summed E-state index contributed by atoms with van der Waals surface area (Å²) >= 11 is 18.1. The molecule has 0 bridgehead atoms. The summed E-state index contributed by atoms with van der Waals surface area (Å²) in [7, 11) is 0. The van der Waals surface area contributed by atoms with Crippen molar-refractivity contribution in [2.75, 3.05) is 11.9 Å². The molecule has 1 aliphatic rings. The molecule has 3 rings (SSSR count). The molecule has 0 fully saturated rings. The highest BCUT2D eigenvalue weighted by atomic mass is 35.5. The summed E-state index contributed by atoms with van der Waals surface area (Å²) < 4.78 is 18.8. The van der Waals surface area contributed by atoms with Crippen molar-refractivity contribution in [3.05, 3.63) is 56.3 Å². The van der Waals surface area contributed by atoms with Crippen LogP contribution in [0.15, 0.2) is 24.3 Å². The number of rotatable bonds is 3. The molecule has 0 saturated heterocycles. The topological polar surface area (TPSA) is 21.3 Å². The maximum Gasteiger partial charge on any atom is 0.127 e. The molecule has 21 heavy (non-hydrogen) atoms. The van der Waals surface area contributed by atoms with Gasteiger partial charge in [0.1, 0.15) is 11.6 Å². The zero-order chi connectivity index (χ0) is 15.0. The summed E-state index contributed by atoms with van der Waals surface area (Å²) in [4.78, 5) is 0. The molecule has 0 atom stereocenters. The van der Waals surface area contributed by atoms with E-state index in [9.17, 15) is 4.39 Å². The van der Waals surface area contributed by atoms with Gasteiger partial charge in [-0.15, -0.1) is 0 Å². The molecular weight excluding hydrogens is 336 g/mol. The maximum atomic E-state index is 13.2. The van der Waals surface area contributed by atoms with Gasteiger partial charge in [-0.3, -0.25) is 0 Å². The van der Waals surface area contributed by atoms with Gasteiger partial charge in [-0.05, 0) is 29.8 Å². The normalized spacial score (nSPS) is 13.0. The first-order valence-corrected chi connectivity index (χ1v) is 7.50. The lowest BCUT2D eigenvalue weighted by Gasteiger charge is -2.13. The van der Waals surface area contributed by atoms with Crippen LogP contribution in [-0.4, -0.2) is 6.61 Å². The zero-order valence-corrected chi connectivity index (χ0v) is 13.1. The summed E-state index contributed by atoms with van der Waals surface area (Å²) in [5, 5.41) is 4.24. The third kappa shape index (κ3) is 3.05. The molecule has 6 heteroatoms. The number of benzene rings is 2. The largest absolute Gasteiger partial charge is 0.493 e. The highest BCUT2D eigenvalue weighted by molar-refractivity contribution is 6.39. The summed E-state index contributed by atoms with van der Waals surface area (Å²) in [6, 6.07) is 6.18. The van der Waals surface area contributed by atoms with Crippen molar-refractivity contribution in [1.29, 1.82) is 0 Å². The van der Waals surface area contributed by atoms with Crippen LogP contribution in [0.2, 0.25) is 15.1 Å². The number of hydrogen-bond donors (Lipinski definition) is 1. The SMILES string of the molecule is Fc1cc(Cl)c(NCc2cc(Cl)cc3c2OCC3)c(Cl)c1. The van der Waals surface area contributed by atoms with Gasteiger partial charge in [-0.25, -0.2) is 4.39 Å². The van der Waals surface area contributed by atoms with E-state index < -0.39 is 5.82 Å². The standard InChI is InChI=1S/C15H11Cl3FNO/c16-10-3-8-1-2-21-15(8)9(4-10)7-20-14-12(17)5-11(19)6-13(14)18/h3-6,20H,1-2,7H2. The van der Waals surface area contributed by atoms with Gasteiger partial charge >= 0.3 is 0 Å². The molecule has 2 aromatic rings. The van der Waals surface area contributed by atoms with Crippen LogP contribution in [0.25, 0.3) is 0 Å². The van der Waals surface area contributed by atoms with Crippen molar-refractivity contribution in [1.82, 2.24) is 0 Å². The number of ether oxygens (including phenoxy) is 1. The number of fused-ring (bicyclic) bond motifs is 1. The van der Waals surface area contributed by atoms with E-state index in [1.807, 2.05) is 12.1 Å². The molecule has 0 radical (unpaired) electrons. The molecule has 1 aliphatic heterocycles. The van der Waals surface area contributed by atoms with E-state index in [0.717, 1.165) is 23.3 Å². The average Bonchev–Trinajstić information content (AvgIpc) is 2.85. The Morgan fingerprint density at radius 2 is 1.81 bits per heavy atom. The van der Waals surface area contributed by atoms with Crippen LogP contribution in [0, 0.1) is 5.82 Å².